The quantitative estimate of drug-likeness (QED) is 0.797. The lowest BCUT2D eigenvalue weighted by atomic mass is 10.1. The predicted octanol–water partition coefficient (Wildman–Crippen LogP) is 4.51. The van der Waals surface area contributed by atoms with E-state index in [1.807, 2.05) is 0 Å². The minimum atomic E-state index is -0.656. The monoisotopic (exact) mass is 256 g/mol. The summed E-state index contributed by atoms with van der Waals surface area (Å²) in [7, 11) is 0. The van der Waals surface area contributed by atoms with Gasteiger partial charge in [0.15, 0.2) is 11.6 Å². The van der Waals surface area contributed by atoms with Crippen molar-refractivity contribution in [2.24, 2.45) is 0 Å². The lowest BCUT2D eigenvalue weighted by Gasteiger charge is -2.04. The van der Waals surface area contributed by atoms with Crippen LogP contribution in [-0.4, -0.2) is 5.11 Å². The van der Waals surface area contributed by atoms with E-state index in [0.717, 1.165) is 5.56 Å². The van der Waals surface area contributed by atoms with Crippen LogP contribution in [0.25, 0.3) is 11.1 Å². The number of benzene rings is 2. The molecule has 0 saturated heterocycles. The van der Waals surface area contributed by atoms with Gasteiger partial charge in [0.2, 0.25) is 0 Å². The summed E-state index contributed by atoms with van der Waals surface area (Å²) in [6.45, 7) is 0. The highest BCUT2D eigenvalue weighted by Crippen LogP contribution is 2.30. The van der Waals surface area contributed by atoms with Crippen molar-refractivity contribution in [1.29, 1.82) is 0 Å². The Morgan fingerprint density at radius 3 is 2.06 bits per heavy atom. The number of phenolic OH excluding ortho intramolecular Hbond substituents is 1. The van der Waals surface area contributed by atoms with Gasteiger partial charge in [0.1, 0.15) is 0 Å². The fourth-order valence-electron chi connectivity index (χ4n) is 1.41. The molecule has 0 spiro atoms. The summed E-state index contributed by atoms with van der Waals surface area (Å²) in [6.07, 6.45) is 0. The van der Waals surface area contributed by atoms with E-state index in [2.05, 4.69) is 0 Å². The molecule has 0 aliphatic rings. The number of hydrogen-bond donors (Lipinski definition) is 1. The van der Waals surface area contributed by atoms with Crippen molar-refractivity contribution in [3.63, 3.8) is 0 Å². The van der Waals surface area contributed by atoms with Crippen LogP contribution in [0.4, 0.5) is 4.39 Å². The van der Waals surface area contributed by atoms with E-state index < -0.39 is 11.6 Å². The number of rotatable bonds is 1. The summed E-state index contributed by atoms with van der Waals surface area (Å²) in [5, 5.41) is 10.2. The van der Waals surface area contributed by atoms with Crippen molar-refractivity contribution in [3.05, 3.63) is 52.3 Å². The van der Waals surface area contributed by atoms with Crippen LogP contribution in [0, 0.1) is 5.82 Å². The van der Waals surface area contributed by atoms with Gasteiger partial charge in [0.25, 0.3) is 0 Å². The Hall–Kier alpha value is -1.25. The van der Waals surface area contributed by atoms with E-state index >= 15 is 0 Å². The molecule has 0 aromatic heterocycles. The first-order valence-electron chi connectivity index (χ1n) is 4.51. The summed E-state index contributed by atoms with van der Waals surface area (Å²) in [6, 6.07) is 9.07. The minimum Gasteiger partial charge on any atom is -0.505 e. The predicted molar refractivity (Wildman–Crippen MR) is 63.5 cm³/mol. The molecular weight excluding hydrogens is 250 g/mol. The van der Waals surface area contributed by atoms with Gasteiger partial charge in [-0.15, -0.1) is 0 Å². The summed E-state index contributed by atoms with van der Waals surface area (Å²) in [5.74, 6) is -1.05. The molecule has 2 aromatic carbocycles. The lowest BCUT2D eigenvalue weighted by Crippen LogP contribution is -1.81. The average Bonchev–Trinajstić information content (AvgIpc) is 2.20. The first-order chi connectivity index (χ1) is 7.56. The summed E-state index contributed by atoms with van der Waals surface area (Å²) < 4.78 is 12.9. The maximum atomic E-state index is 12.9. The van der Waals surface area contributed by atoms with Crippen molar-refractivity contribution in [2.45, 2.75) is 0 Å². The van der Waals surface area contributed by atoms with Crippen LogP contribution < -0.4 is 0 Å². The third-order valence-corrected chi connectivity index (χ3v) is 2.58. The average molecular weight is 257 g/mol. The first-order valence-corrected chi connectivity index (χ1v) is 5.27. The number of phenols is 1. The molecule has 0 heterocycles. The van der Waals surface area contributed by atoms with Crippen molar-refractivity contribution < 1.29 is 9.50 Å². The topological polar surface area (TPSA) is 20.2 Å². The third kappa shape index (κ3) is 2.29. The lowest BCUT2D eigenvalue weighted by molar-refractivity contribution is 0.433. The van der Waals surface area contributed by atoms with Crippen LogP contribution in [0.5, 0.6) is 5.75 Å². The Morgan fingerprint density at radius 2 is 1.50 bits per heavy atom. The summed E-state index contributed by atoms with van der Waals surface area (Å²) >= 11 is 11.7. The summed E-state index contributed by atoms with van der Waals surface area (Å²) in [5.41, 5.74) is 1.39. The highest BCUT2D eigenvalue weighted by molar-refractivity contribution is 6.35. The molecule has 1 N–H and O–H groups in total. The molecule has 0 atom stereocenters. The van der Waals surface area contributed by atoms with E-state index in [4.69, 9.17) is 23.2 Å². The van der Waals surface area contributed by atoms with Gasteiger partial charge < -0.3 is 5.11 Å². The standard InChI is InChI=1S/C12H7Cl2FO/c13-9-3-8(4-10(14)6-9)7-1-2-11(15)12(16)5-7/h1-6,16H. The largest absolute Gasteiger partial charge is 0.505 e. The highest BCUT2D eigenvalue weighted by Gasteiger charge is 2.05. The second-order valence-electron chi connectivity index (χ2n) is 3.32. The molecule has 2 aromatic rings. The maximum absolute atomic E-state index is 12.9. The van der Waals surface area contributed by atoms with Crippen molar-refractivity contribution in [3.8, 4) is 16.9 Å². The molecule has 0 aliphatic heterocycles. The maximum Gasteiger partial charge on any atom is 0.164 e. The molecule has 0 unspecified atom stereocenters. The van der Waals surface area contributed by atoms with E-state index in [0.29, 0.717) is 15.6 Å². The second-order valence-corrected chi connectivity index (χ2v) is 4.20. The molecule has 0 saturated carbocycles. The number of aromatic hydroxyl groups is 1. The molecule has 0 amide bonds. The van der Waals surface area contributed by atoms with Crippen LogP contribution in [0.2, 0.25) is 10.0 Å². The smallest absolute Gasteiger partial charge is 0.164 e. The fourth-order valence-corrected chi connectivity index (χ4v) is 1.94. The second kappa shape index (κ2) is 4.32. The van der Waals surface area contributed by atoms with Gasteiger partial charge in [-0.25, -0.2) is 4.39 Å². The van der Waals surface area contributed by atoms with Crippen molar-refractivity contribution in [1.82, 2.24) is 0 Å². The summed E-state index contributed by atoms with van der Waals surface area (Å²) in [4.78, 5) is 0. The van der Waals surface area contributed by atoms with Crippen LogP contribution in [0.3, 0.4) is 0 Å². The molecule has 1 nitrogen and oxygen atoms in total. The van der Waals surface area contributed by atoms with E-state index in [9.17, 15) is 9.50 Å². The van der Waals surface area contributed by atoms with Crippen LogP contribution in [0.1, 0.15) is 0 Å². The van der Waals surface area contributed by atoms with Gasteiger partial charge in [0, 0.05) is 10.0 Å². The fraction of sp³-hybridized carbons (Fsp3) is 0. The van der Waals surface area contributed by atoms with Gasteiger partial charge in [-0.2, -0.15) is 0 Å². The Bertz CT molecular complexity index is 520. The normalized spacial score (nSPS) is 10.4. The van der Waals surface area contributed by atoms with E-state index in [-0.39, 0.29) is 0 Å². The molecule has 4 heteroatoms. The SMILES string of the molecule is Oc1cc(-c2cc(Cl)cc(Cl)c2)ccc1F. The molecule has 2 rings (SSSR count). The van der Waals surface area contributed by atoms with Crippen LogP contribution in [-0.2, 0) is 0 Å². The minimum absolute atomic E-state index is 0.395. The third-order valence-electron chi connectivity index (χ3n) is 2.14. The Kier molecular flexibility index (Phi) is 3.03. The number of halogens is 3. The van der Waals surface area contributed by atoms with Gasteiger partial charge in [-0.1, -0.05) is 29.3 Å². The molecule has 0 bridgehead atoms. The molecule has 16 heavy (non-hydrogen) atoms. The van der Waals surface area contributed by atoms with Gasteiger partial charge in [0.05, 0.1) is 0 Å². The molecule has 0 aliphatic carbocycles. The van der Waals surface area contributed by atoms with Gasteiger partial charge >= 0.3 is 0 Å². The molecule has 0 radical (unpaired) electrons. The van der Waals surface area contributed by atoms with E-state index in [1.54, 1.807) is 24.3 Å². The highest BCUT2D eigenvalue weighted by atomic mass is 35.5. The van der Waals surface area contributed by atoms with Gasteiger partial charge in [-0.05, 0) is 41.5 Å². The number of hydrogen-bond acceptors (Lipinski definition) is 1. The Labute approximate surface area is 102 Å². The molecular formula is C12H7Cl2FO. The Balaban J connectivity index is 2.54. The Morgan fingerprint density at radius 1 is 0.875 bits per heavy atom. The first kappa shape index (κ1) is 11.2. The molecule has 0 fully saturated rings. The zero-order chi connectivity index (χ0) is 11.7. The van der Waals surface area contributed by atoms with Crippen molar-refractivity contribution >= 4 is 23.2 Å². The van der Waals surface area contributed by atoms with Crippen LogP contribution in [0.15, 0.2) is 36.4 Å². The zero-order valence-electron chi connectivity index (χ0n) is 8.05. The van der Waals surface area contributed by atoms with E-state index in [1.165, 1.54) is 12.1 Å². The van der Waals surface area contributed by atoms with Gasteiger partial charge in [-0.3, -0.25) is 0 Å². The molecule has 82 valence electrons. The zero-order valence-corrected chi connectivity index (χ0v) is 9.56. The van der Waals surface area contributed by atoms with Crippen molar-refractivity contribution in [2.75, 3.05) is 0 Å². The van der Waals surface area contributed by atoms with Crippen LogP contribution >= 0.6 is 23.2 Å².